The van der Waals surface area contributed by atoms with Gasteiger partial charge in [0.05, 0.1) is 0 Å². The standard InChI is InChI=1S/C12H25NS/c1-3-10-7-5-6-8-12(10)14-9-11(13)4-2/h10-12H,3-9,13H2,1-2H3. The Morgan fingerprint density at radius 2 is 2.00 bits per heavy atom. The lowest BCUT2D eigenvalue weighted by Gasteiger charge is -2.31. The van der Waals surface area contributed by atoms with Crippen molar-refractivity contribution in [2.75, 3.05) is 5.75 Å². The van der Waals surface area contributed by atoms with Crippen LogP contribution < -0.4 is 5.73 Å². The first kappa shape index (κ1) is 12.4. The Bertz CT molecular complexity index is 149. The van der Waals surface area contributed by atoms with Gasteiger partial charge in [0.15, 0.2) is 0 Å². The van der Waals surface area contributed by atoms with Crippen molar-refractivity contribution in [3.05, 3.63) is 0 Å². The maximum Gasteiger partial charge on any atom is 0.0127 e. The molecule has 1 aliphatic rings. The highest BCUT2D eigenvalue weighted by atomic mass is 32.2. The van der Waals surface area contributed by atoms with Gasteiger partial charge in [0, 0.05) is 17.0 Å². The molecule has 3 atom stereocenters. The second-order valence-corrected chi connectivity index (χ2v) is 5.77. The van der Waals surface area contributed by atoms with Crippen LogP contribution >= 0.6 is 11.8 Å². The van der Waals surface area contributed by atoms with Gasteiger partial charge in [0.2, 0.25) is 0 Å². The third-order valence-electron chi connectivity index (χ3n) is 3.41. The Balaban J connectivity index is 2.26. The first-order valence-corrected chi connectivity index (χ1v) is 7.20. The summed E-state index contributed by atoms with van der Waals surface area (Å²) < 4.78 is 0. The molecule has 1 rings (SSSR count). The van der Waals surface area contributed by atoms with E-state index in [0.29, 0.717) is 6.04 Å². The smallest absolute Gasteiger partial charge is 0.0127 e. The van der Waals surface area contributed by atoms with E-state index < -0.39 is 0 Å². The highest BCUT2D eigenvalue weighted by molar-refractivity contribution is 7.99. The van der Waals surface area contributed by atoms with Crippen LogP contribution in [0.4, 0.5) is 0 Å². The average Bonchev–Trinajstić information content (AvgIpc) is 2.26. The second kappa shape index (κ2) is 6.73. The molecule has 0 saturated heterocycles. The molecular weight excluding hydrogens is 190 g/mol. The Kier molecular flexibility index (Phi) is 5.95. The van der Waals surface area contributed by atoms with Gasteiger partial charge in [-0.15, -0.1) is 0 Å². The molecule has 1 fully saturated rings. The van der Waals surface area contributed by atoms with Gasteiger partial charge < -0.3 is 5.73 Å². The van der Waals surface area contributed by atoms with Crippen LogP contribution in [0, 0.1) is 5.92 Å². The lowest BCUT2D eigenvalue weighted by Crippen LogP contribution is -2.27. The van der Waals surface area contributed by atoms with Gasteiger partial charge in [-0.25, -0.2) is 0 Å². The SMILES string of the molecule is CCC(N)CSC1CCCCC1CC. The van der Waals surface area contributed by atoms with Crippen molar-refractivity contribution < 1.29 is 0 Å². The summed E-state index contributed by atoms with van der Waals surface area (Å²) in [5, 5.41) is 0.909. The molecule has 0 aromatic heterocycles. The van der Waals surface area contributed by atoms with Gasteiger partial charge in [-0.3, -0.25) is 0 Å². The molecule has 0 aromatic carbocycles. The Hall–Kier alpha value is 0.310. The second-order valence-electron chi connectivity index (χ2n) is 4.49. The van der Waals surface area contributed by atoms with Crippen LogP contribution in [0.3, 0.4) is 0 Å². The normalized spacial score (nSPS) is 30.2. The molecule has 1 nitrogen and oxygen atoms in total. The van der Waals surface area contributed by atoms with Gasteiger partial charge in [0.25, 0.3) is 0 Å². The Morgan fingerprint density at radius 1 is 1.29 bits per heavy atom. The molecule has 0 spiro atoms. The van der Waals surface area contributed by atoms with Gasteiger partial charge in [0.1, 0.15) is 0 Å². The summed E-state index contributed by atoms with van der Waals surface area (Å²) in [6.07, 6.45) is 8.26. The molecular formula is C12H25NS. The molecule has 2 heteroatoms. The Morgan fingerprint density at radius 3 is 2.64 bits per heavy atom. The summed E-state index contributed by atoms with van der Waals surface area (Å²) in [6, 6.07) is 0.416. The van der Waals surface area contributed by atoms with Crippen molar-refractivity contribution in [2.45, 2.75) is 63.7 Å². The van der Waals surface area contributed by atoms with E-state index in [1.54, 1.807) is 0 Å². The number of rotatable bonds is 5. The summed E-state index contributed by atoms with van der Waals surface area (Å²) in [5.74, 6) is 2.13. The van der Waals surface area contributed by atoms with Crippen molar-refractivity contribution >= 4 is 11.8 Å². The predicted octanol–water partition coefficient (Wildman–Crippen LogP) is 3.43. The van der Waals surface area contributed by atoms with Crippen molar-refractivity contribution in [1.29, 1.82) is 0 Å². The highest BCUT2D eigenvalue weighted by Gasteiger charge is 2.24. The quantitative estimate of drug-likeness (QED) is 0.760. The maximum atomic E-state index is 5.96. The van der Waals surface area contributed by atoms with Crippen LogP contribution in [0.25, 0.3) is 0 Å². The zero-order chi connectivity index (χ0) is 10.4. The minimum atomic E-state index is 0.416. The van der Waals surface area contributed by atoms with E-state index in [0.717, 1.165) is 23.3 Å². The van der Waals surface area contributed by atoms with E-state index in [9.17, 15) is 0 Å². The lowest BCUT2D eigenvalue weighted by molar-refractivity contribution is 0.361. The summed E-state index contributed by atoms with van der Waals surface area (Å²) in [4.78, 5) is 0. The van der Waals surface area contributed by atoms with Gasteiger partial charge >= 0.3 is 0 Å². The summed E-state index contributed by atoms with van der Waals surface area (Å²) in [5.41, 5.74) is 5.96. The third kappa shape index (κ3) is 3.82. The van der Waals surface area contributed by atoms with E-state index >= 15 is 0 Å². The molecule has 1 saturated carbocycles. The van der Waals surface area contributed by atoms with Crippen LogP contribution in [0.5, 0.6) is 0 Å². The van der Waals surface area contributed by atoms with Crippen LogP contribution in [0.2, 0.25) is 0 Å². The summed E-state index contributed by atoms with van der Waals surface area (Å²) >= 11 is 2.14. The number of thioether (sulfide) groups is 1. The third-order valence-corrected chi connectivity index (χ3v) is 5.08. The molecule has 0 amide bonds. The Labute approximate surface area is 93.2 Å². The van der Waals surface area contributed by atoms with Gasteiger partial charge in [-0.2, -0.15) is 11.8 Å². The molecule has 84 valence electrons. The monoisotopic (exact) mass is 215 g/mol. The zero-order valence-electron chi connectivity index (χ0n) is 9.67. The first-order chi connectivity index (χ1) is 6.77. The molecule has 1 aliphatic carbocycles. The lowest BCUT2D eigenvalue weighted by atomic mass is 9.87. The van der Waals surface area contributed by atoms with E-state index in [2.05, 4.69) is 25.6 Å². The summed E-state index contributed by atoms with van der Waals surface area (Å²) in [7, 11) is 0. The van der Waals surface area contributed by atoms with Crippen molar-refractivity contribution in [2.24, 2.45) is 11.7 Å². The predicted molar refractivity (Wildman–Crippen MR) is 66.8 cm³/mol. The minimum absolute atomic E-state index is 0.416. The van der Waals surface area contributed by atoms with Crippen LogP contribution in [0.1, 0.15) is 52.4 Å². The summed E-state index contributed by atoms with van der Waals surface area (Å²) in [6.45, 7) is 4.52. The molecule has 3 unspecified atom stereocenters. The highest BCUT2D eigenvalue weighted by Crippen LogP contribution is 2.35. The van der Waals surface area contributed by atoms with Crippen molar-refractivity contribution in [3.8, 4) is 0 Å². The molecule has 0 radical (unpaired) electrons. The molecule has 14 heavy (non-hydrogen) atoms. The van der Waals surface area contributed by atoms with E-state index in [4.69, 9.17) is 5.73 Å². The number of nitrogens with two attached hydrogens (primary N) is 1. The van der Waals surface area contributed by atoms with Gasteiger partial charge in [-0.1, -0.05) is 33.1 Å². The van der Waals surface area contributed by atoms with E-state index in [1.807, 2.05) is 0 Å². The van der Waals surface area contributed by atoms with Crippen LogP contribution in [-0.2, 0) is 0 Å². The first-order valence-electron chi connectivity index (χ1n) is 6.15. The van der Waals surface area contributed by atoms with E-state index in [1.165, 1.54) is 32.1 Å². The van der Waals surface area contributed by atoms with Crippen molar-refractivity contribution in [3.63, 3.8) is 0 Å². The molecule has 0 aromatic rings. The largest absolute Gasteiger partial charge is 0.327 e. The fourth-order valence-corrected chi connectivity index (χ4v) is 3.89. The molecule has 0 aliphatic heterocycles. The van der Waals surface area contributed by atoms with E-state index in [-0.39, 0.29) is 0 Å². The maximum absolute atomic E-state index is 5.96. The molecule has 0 heterocycles. The van der Waals surface area contributed by atoms with Crippen LogP contribution in [-0.4, -0.2) is 17.0 Å². The number of hydrogen-bond donors (Lipinski definition) is 1. The zero-order valence-corrected chi connectivity index (χ0v) is 10.5. The number of hydrogen-bond acceptors (Lipinski definition) is 2. The van der Waals surface area contributed by atoms with Crippen molar-refractivity contribution in [1.82, 2.24) is 0 Å². The minimum Gasteiger partial charge on any atom is -0.327 e. The average molecular weight is 215 g/mol. The topological polar surface area (TPSA) is 26.0 Å². The molecule has 0 bridgehead atoms. The van der Waals surface area contributed by atoms with Crippen LogP contribution in [0.15, 0.2) is 0 Å². The molecule has 2 N–H and O–H groups in total. The van der Waals surface area contributed by atoms with Gasteiger partial charge in [-0.05, 0) is 25.2 Å². The fourth-order valence-electron chi connectivity index (χ4n) is 2.23. The fraction of sp³-hybridized carbons (Fsp3) is 1.00.